The molecule has 1 aromatic heterocycles. The summed E-state index contributed by atoms with van der Waals surface area (Å²) < 4.78 is 0. The number of hydrogen-bond acceptors (Lipinski definition) is 3. The molecule has 0 fully saturated rings. The van der Waals surface area contributed by atoms with E-state index in [4.69, 9.17) is 0 Å². The number of nitrogens with one attached hydrogen (secondary N) is 2. The average Bonchev–Trinajstić information content (AvgIpc) is 2.87. The number of H-pyrrole nitrogens is 1. The van der Waals surface area contributed by atoms with E-state index in [9.17, 15) is 4.79 Å². The van der Waals surface area contributed by atoms with Gasteiger partial charge < -0.3 is 5.32 Å². The fraction of sp³-hybridized carbons (Fsp3) is 0.400. The molecule has 0 saturated heterocycles. The molecule has 106 valence electrons. The molecular weight excluding hydrogens is 252 g/mol. The van der Waals surface area contributed by atoms with Crippen molar-refractivity contribution in [2.24, 2.45) is 0 Å². The zero-order valence-corrected chi connectivity index (χ0v) is 12.3. The molecule has 0 aliphatic heterocycles. The van der Waals surface area contributed by atoms with Crippen LogP contribution >= 0.6 is 0 Å². The van der Waals surface area contributed by atoms with Gasteiger partial charge in [0.2, 0.25) is 5.82 Å². The molecule has 2 N–H and O–H groups in total. The van der Waals surface area contributed by atoms with Gasteiger partial charge in [0.1, 0.15) is 5.82 Å². The Labute approximate surface area is 118 Å². The predicted octanol–water partition coefficient (Wildman–Crippen LogP) is 2.92. The lowest BCUT2D eigenvalue weighted by atomic mass is 9.86. The molecule has 0 atom stereocenters. The smallest absolute Gasteiger partial charge is 0.295 e. The Hall–Kier alpha value is -2.17. The molecule has 5 nitrogen and oxygen atoms in total. The van der Waals surface area contributed by atoms with Crippen molar-refractivity contribution in [2.45, 2.75) is 39.5 Å². The van der Waals surface area contributed by atoms with E-state index in [1.54, 1.807) is 0 Å². The number of para-hydroxylation sites is 1. The highest BCUT2D eigenvalue weighted by atomic mass is 16.2. The molecule has 0 saturated carbocycles. The third kappa shape index (κ3) is 3.04. The van der Waals surface area contributed by atoms with Gasteiger partial charge in [-0.2, -0.15) is 0 Å². The molecule has 2 aromatic rings. The number of anilines is 1. The first kappa shape index (κ1) is 14.2. The van der Waals surface area contributed by atoms with E-state index in [-0.39, 0.29) is 17.1 Å². The minimum atomic E-state index is -0.294. The van der Waals surface area contributed by atoms with Crippen LogP contribution in [0.1, 0.15) is 49.7 Å². The van der Waals surface area contributed by atoms with Crippen LogP contribution in [0, 0.1) is 0 Å². The highest BCUT2D eigenvalue weighted by Crippen LogP contribution is 2.29. The van der Waals surface area contributed by atoms with Gasteiger partial charge in [0.05, 0.1) is 0 Å². The number of benzene rings is 1. The molecule has 1 heterocycles. The molecule has 0 aliphatic rings. The van der Waals surface area contributed by atoms with Crippen LogP contribution in [0.2, 0.25) is 0 Å². The summed E-state index contributed by atoms with van der Waals surface area (Å²) in [4.78, 5) is 16.3. The second-order valence-corrected chi connectivity index (χ2v) is 5.71. The van der Waals surface area contributed by atoms with Crippen molar-refractivity contribution in [1.82, 2.24) is 15.2 Å². The second kappa shape index (κ2) is 5.45. The summed E-state index contributed by atoms with van der Waals surface area (Å²) in [5.74, 6) is 0.586. The molecule has 20 heavy (non-hydrogen) atoms. The summed E-state index contributed by atoms with van der Waals surface area (Å²) in [7, 11) is 0. The maximum Gasteiger partial charge on any atom is 0.295 e. The van der Waals surface area contributed by atoms with E-state index in [0.29, 0.717) is 5.82 Å². The Kier molecular flexibility index (Phi) is 3.88. The number of carbonyl (C=O) groups excluding carboxylic acids is 1. The average molecular weight is 272 g/mol. The summed E-state index contributed by atoms with van der Waals surface area (Å²) in [6.07, 6.45) is 0.721. The third-order valence-corrected chi connectivity index (χ3v) is 3.05. The zero-order chi connectivity index (χ0) is 14.8. The van der Waals surface area contributed by atoms with E-state index >= 15 is 0 Å². The molecule has 0 aliphatic carbocycles. The van der Waals surface area contributed by atoms with Crippen LogP contribution in [0.5, 0.6) is 0 Å². The van der Waals surface area contributed by atoms with Gasteiger partial charge in [0, 0.05) is 12.1 Å². The molecule has 1 aromatic carbocycles. The first-order valence-corrected chi connectivity index (χ1v) is 6.74. The fourth-order valence-corrected chi connectivity index (χ4v) is 1.98. The Balaban J connectivity index is 2.24. The Morgan fingerprint density at radius 2 is 2.00 bits per heavy atom. The SMILES string of the molecule is CCc1nc(C(=O)Nc2ccccc2C(C)(C)C)n[nH]1. The number of amides is 1. The van der Waals surface area contributed by atoms with Crippen molar-refractivity contribution in [3.05, 3.63) is 41.5 Å². The summed E-state index contributed by atoms with van der Waals surface area (Å²) in [5.41, 5.74) is 1.84. The van der Waals surface area contributed by atoms with Crippen molar-refractivity contribution in [3.8, 4) is 0 Å². The molecule has 1 amide bonds. The van der Waals surface area contributed by atoms with Gasteiger partial charge in [0.15, 0.2) is 0 Å². The predicted molar refractivity (Wildman–Crippen MR) is 78.9 cm³/mol. The number of aryl methyl sites for hydroxylation is 1. The van der Waals surface area contributed by atoms with E-state index in [1.165, 1.54) is 0 Å². The van der Waals surface area contributed by atoms with Gasteiger partial charge in [-0.05, 0) is 17.0 Å². The van der Waals surface area contributed by atoms with Crippen molar-refractivity contribution < 1.29 is 4.79 Å². The Bertz CT molecular complexity index is 610. The summed E-state index contributed by atoms with van der Waals surface area (Å²) >= 11 is 0. The van der Waals surface area contributed by atoms with Gasteiger partial charge in [-0.25, -0.2) is 4.98 Å². The Morgan fingerprint density at radius 1 is 1.30 bits per heavy atom. The van der Waals surface area contributed by atoms with E-state index in [2.05, 4.69) is 41.3 Å². The number of aromatic nitrogens is 3. The number of aromatic amines is 1. The minimum absolute atomic E-state index is 0.0442. The lowest BCUT2D eigenvalue weighted by molar-refractivity contribution is 0.101. The highest BCUT2D eigenvalue weighted by molar-refractivity contribution is 6.02. The molecule has 5 heteroatoms. The second-order valence-electron chi connectivity index (χ2n) is 5.71. The molecule has 0 radical (unpaired) electrons. The summed E-state index contributed by atoms with van der Waals surface area (Å²) in [6.45, 7) is 8.29. The van der Waals surface area contributed by atoms with Gasteiger partial charge in [-0.15, -0.1) is 5.10 Å². The van der Waals surface area contributed by atoms with E-state index in [1.807, 2.05) is 31.2 Å². The lowest BCUT2D eigenvalue weighted by Gasteiger charge is -2.22. The summed E-state index contributed by atoms with van der Waals surface area (Å²) in [5, 5.41) is 9.56. The Morgan fingerprint density at radius 3 is 2.60 bits per heavy atom. The van der Waals surface area contributed by atoms with Crippen LogP contribution < -0.4 is 5.32 Å². The maximum absolute atomic E-state index is 12.2. The van der Waals surface area contributed by atoms with Crippen LogP contribution in [0.25, 0.3) is 0 Å². The normalized spacial score (nSPS) is 11.4. The van der Waals surface area contributed by atoms with Crippen LogP contribution in [-0.4, -0.2) is 21.1 Å². The van der Waals surface area contributed by atoms with Crippen molar-refractivity contribution in [1.29, 1.82) is 0 Å². The van der Waals surface area contributed by atoms with Crippen LogP contribution in [0.15, 0.2) is 24.3 Å². The number of carbonyl (C=O) groups is 1. The molecule has 0 bridgehead atoms. The number of hydrogen-bond donors (Lipinski definition) is 2. The molecule has 0 spiro atoms. The van der Waals surface area contributed by atoms with Crippen molar-refractivity contribution >= 4 is 11.6 Å². The third-order valence-electron chi connectivity index (χ3n) is 3.05. The lowest BCUT2D eigenvalue weighted by Crippen LogP contribution is -2.19. The van der Waals surface area contributed by atoms with Crippen molar-refractivity contribution in [2.75, 3.05) is 5.32 Å². The highest BCUT2D eigenvalue weighted by Gasteiger charge is 2.20. The summed E-state index contributed by atoms with van der Waals surface area (Å²) in [6, 6.07) is 7.79. The van der Waals surface area contributed by atoms with Gasteiger partial charge in [0.25, 0.3) is 5.91 Å². The van der Waals surface area contributed by atoms with Crippen LogP contribution in [0.4, 0.5) is 5.69 Å². The standard InChI is InChI=1S/C15H20N4O/c1-5-12-17-13(19-18-12)14(20)16-11-9-7-6-8-10(11)15(2,3)4/h6-9H,5H2,1-4H3,(H,16,20)(H,17,18,19). The van der Waals surface area contributed by atoms with Crippen LogP contribution in [0.3, 0.4) is 0 Å². The fourth-order valence-electron chi connectivity index (χ4n) is 1.98. The van der Waals surface area contributed by atoms with E-state index < -0.39 is 0 Å². The first-order chi connectivity index (χ1) is 9.41. The maximum atomic E-state index is 12.2. The quantitative estimate of drug-likeness (QED) is 0.902. The largest absolute Gasteiger partial charge is 0.319 e. The molecular formula is C15H20N4O. The first-order valence-electron chi connectivity index (χ1n) is 6.74. The van der Waals surface area contributed by atoms with Crippen molar-refractivity contribution in [3.63, 3.8) is 0 Å². The minimum Gasteiger partial charge on any atom is -0.319 e. The monoisotopic (exact) mass is 272 g/mol. The zero-order valence-electron chi connectivity index (χ0n) is 12.3. The van der Waals surface area contributed by atoms with Crippen LogP contribution in [-0.2, 0) is 11.8 Å². The van der Waals surface area contributed by atoms with Gasteiger partial charge >= 0.3 is 0 Å². The molecule has 0 unspecified atom stereocenters. The number of rotatable bonds is 3. The topological polar surface area (TPSA) is 70.7 Å². The number of nitrogens with zero attached hydrogens (tertiary/aromatic N) is 2. The van der Waals surface area contributed by atoms with Gasteiger partial charge in [-0.3, -0.25) is 9.89 Å². The molecule has 2 rings (SSSR count). The van der Waals surface area contributed by atoms with Gasteiger partial charge in [-0.1, -0.05) is 45.9 Å². The van der Waals surface area contributed by atoms with E-state index in [0.717, 1.165) is 17.7 Å².